The number of carbonyl (C=O) groups is 2. The quantitative estimate of drug-likeness (QED) is 0.280. The smallest absolute Gasteiger partial charge is 0.338 e. The number of Topliss-reactive ketones (excluding diaryl/α,β-unsaturated/α-hetero) is 1. The summed E-state index contributed by atoms with van der Waals surface area (Å²) in [4.78, 5) is 27.9. The Balaban J connectivity index is 0.000000362. The Labute approximate surface area is 219 Å². The summed E-state index contributed by atoms with van der Waals surface area (Å²) in [6.45, 7) is 15.1. The van der Waals surface area contributed by atoms with Crippen molar-refractivity contribution in [1.82, 2.24) is 9.80 Å². The van der Waals surface area contributed by atoms with Gasteiger partial charge in [-0.05, 0) is 88.4 Å². The summed E-state index contributed by atoms with van der Waals surface area (Å²) >= 11 is 0. The third-order valence-electron chi connectivity index (χ3n) is 6.06. The zero-order chi connectivity index (χ0) is 26.9. The van der Waals surface area contributed by atoms with Crippen LogP contribution in [0.1, 0.15) is 60.7 Å². The van der Waals surface area contributed by atoms with Crippen molar-refractivity contribution < 1.29 is 14.3 Å². The fourth-order valence-corrected chi connectivity index (χ4v) is 3.62. The third kappa shape index (κ3) is 12.3. The van der Waals surface area contributed by atoms with Crippen LogP contribution in [0.25, 0.3) is 0 Å². The summed E-state index contributed by atoms with van der Waals surface area (Å²) < 4.78 is 5.18. The van der Waals surface area contributed by atoms with E-state index in [9.17, 15) is 9.59 Å². The maximum atomic E-state index is 12.0. The van der Waals surface area contributed by atoms with Crippen molar-refractivity contribution in [2.24, 2.45) is 0 Å². The fraction of sp³-hybridized carbons (Fsp3) is 0.533. The molecule has 0 aromatic heterocycles. The average molecular weight is 498 g/mol. The maximum absolute atomic E-state index is 12.0. The number of unbranched alkanes of at least 4 members (excludes halogenated alkanes) is 1. The van der Waals surface area contributed by atoms with Gasteiger partial charge in [-0.3, -0.25) is 9.69 Å². The highest BCUT2D eigenvalue weighted by molar-refractivity contribution is 5.89. The molecule has 6 nitrogen and oxygen atoms in total. The van der Waals surface area contributed by atoms with Crippen molar-refractivity contribution in [1.29, 1.82) is 0 Å². The predicted octanol–water partition coefficient (Wildman–Crippen LogP) is 5.37. The van der Waals surface area contributed by atoms with E-state index in [-0.39, 0.29) is 5.97 Å². The van der Waals surface area contributed by atoms with E-state index in [1.54, 1.807) is 12.1 Å². The van der Waals surface area contributed by atoms with E-state index in [0.717, 1.165) is 38.3 Å². The summed E-state index contributed by atoms with van der Waals surface area (Å²) in [5.41, 5.74) is 5.28. The van der Waals surface area contributed by atoms with Crippen LogP contribution in [0.2, 0.25) is 0 Å². The second-order valence-electron chi connectivity index (χ2n) is 9.34. The second kappa shape index (κ2) is 17.7. The fourth-order valence-electron chi connectivity index (χ4n) is 3.62. The van der Waals surface area contributed by atoms with Crippen molar-refractivity contribution in [3.63, 3.8) is 0 Å². The second-order valence-corrected chi connectivity index (χ2v) is 9.34. The number of hydrogen-bond acceptors (Lipinski definition) is 6. The minimum atomic E-state index is -0.262. The molecular formula is C30H47N3O3. The molecule has 0 saturated carbocycles. The van der Waals surface area contributed by atoms with Gasteiger partial charge < -0.3 is 15.0 Å². The Morgan fingerprint density at radius 2 is 1.53 bits per heavy atom. The largest absolute Gasteiger partial charge is 0.461 e. The van der Waals surface area contributed by atoms with Crippen LogP contribution in [-0.4, -0.2) is 75.0 Å². The zero-order valence-electron chi connectivity index (χ0n) is 23.5. The lowest BCUT2D eigenvalue weighted by atomic mass is 9.98. The van der Waals surface area contributed by atoms with Crippen LogP contribution in [0.4, 0.5) is 5.69 Å². The van der Waals surface area contributed by atoms with Crippen LogP contribution in [0.5, 0.6) is 0 Å². The normalized spacial score (nSPS) is 10.7. The molecule has 0 aliphatic rings. The van der Waals surface area contributed by atoms with E-state index < -0.39 is 0 Å². The lowest BCUT2D eigenvalue weighted by molar-refractivity contribution is -0.119. The van der Waals surface area contributed by atoms with Gasteiger partial charge in [0.2, 0.25) is 0 Å². The molecule has 0 radical (unpaired) electrons. The van der Waals surface area contributed by atoms with Gasteiger partial charge in [0.25, 0.3) is 0 Å². The predicted molar refractivity (Wildman–Crippen MR) is 151 cm³/mol. The molecule has 0 saturated heterocycles. The average Bonchev–Trinajstić information content (AvgIpc) is 2.85. The van der Waals surface area contributed by atoms with Crippen LogP contribution < -0.4 is 5.32 Å². The number of carbonyl (C=O) groups excluding carboxylic acids is 2. The van der Waals surface area contributed by atoms with Crippen molar-refractivity contribution in [3.8, 4) is 0 Å². The van der Waals surface area contributed by atoms with E-state index >= 15 is 0 Å². The molecule has 0 fully saturated rings. The zero-order valence-corrected chi connectivity index (χ0v) is 23.5. The molecule has 0 aliphatic carbocycles. The monoisotopic (exact) mass is 497 g/mol. The van der Waals surface area contributed by atoms with E-state index in [1.165, 1.54) is 23.1 Å². The van der Waals surface area contributed by atoms with E-state index in [0.29, 0.717) is 30.9 Å². The lowest BCUT2D eigenvalue weighted by Gasteiger charge is -2.17. The topological polar surface area (TPSA) is 61.9 Å². The molecule has 1 N–H and O–H groups in total. The van der Waals surface area contributed by atoms with Crippen LogP contribution >= 0.6 is 0 Å². The molecule has 0 aliphatic heterocycles. The van der Waals surface area contributed by atoms with E-state index in [4.69, 9.17) is 4.74 Å². The number of nitrogens with one attached hydrogen (secondary N) is 1. The lowest BCUT2D eigenvalue weighted by Crippen LogP contribution is -2.30. The van der Waals surface area contributed by atoms with Crippen LogP contribution in [-0.2, 0) is 16.0 Å². The molecule has 0 heterocycles. The molecule has 200 valence electrons. The molecule has 36 heavy (non-hydrogen) atoms. The first kappa shape index (κ1) is 31.3. The van der Waals surface area contributed by atoms with Crippen LogP contribution in [0.3, 0.4) is 0 Å². The van der Waals surface area contributed by atoms with Crippen molar-refractivity contribution >= 4 is 17.4 Å². The number of aryl methyl sites for hydroxylation is 2. The Kier molecular flexibility index (Phi) is 15.4. The van der Waals surface area contributed by atoms with Crippen LogP contribution in [0.15, 0.2) is 42.5 Å². The summed E-state index contributed by atoms with van der Waals surface area (Å²) in [7, 11) is 3.90. The number of rotatable bonds is 14. The number of anilines is 1. The van der Waals surface area contributed by atoms with Gasteiger partial charge in [0.1, 0.15) is 6.61 Å². The Bertz CT molecular complexity index is 886. The number of ketones is 1. The highest BCUT2D eigenvalue weighted by Crippen LogP contribution is 2.14. The molecule has 6 heteroatoms. The van der Waals surface area contributed by atoms with Gasteiger partial charge in [-0.2, -0.15) is 0 Å². The van der Waals surface area contributed by atoms with Gasteiger partial charge in [0, 0.05) is 25.2 Å². The van der Waals surface area contributed by atoms with Gasteiger partial charge >= 0.3 is 5.97 Å². The first-order valence-corrected chi connectivity index (χ1v) is 13.2. The summed E-state index contributed by atoms with van der Waals surface area (Å²) in [6.07, 6.45) is 2.88. The van der Waals surface area contributed by atoms with Gasteiger partial charge in [0.05, 0.1) is 12.1 Å². The molecule has 2 rings (SSSR count). The standard InChI is InChI=1S/C15H24N2O2.C15H23NO/c1-4-5-10-16-14-8-6-13(7-9-14)15(18)19-12-11-17(2)3;1-5-16(6-2)11-14(17)10-15-12(3)8-7-9-13(15)4/h6-9,16H,4-5,10-12H2,1-3H3;7-9H,5-6,10-11H2,1-4H3. The maximum Gasteiger partial charge on any atom is 0.338 e. The Morgan fingerprint density at radius 3 is 2.06 bits per heavy atom. The molecule has 0 bridgehead atoms. The molecule has 0 amide bonds. The van der Waals surface area contributed by atoms with E-state index in [1.807, 2.05) is 37.2 Å². The van der Waals surface area contributed by atoms with E-state index in [2.05, 4.69) is 57.0 Å². The number of likely N-dealkylation sites (N-methyl/N-ethyl adjacent to an activating group) is 2. The van der Waals surface area contributed by atoms with Crippen molar-refractivity contribution in [2.75, 3.05) is 58.7 Å². The number of benzene rings is 2. The number of hydrogen-bond donors (Lipinski definition) is 1. The number of ether oxygens (including phenoxy) is 1. The first-order valence-electron chi connectivity index (χ1n) is 13.2. The number of nitrogens with zero attached hydrogens (tertiary/aromatic N) is 2. The minimum absolute atomic E-state index is 0.262. The third-order valence-corrected chi connectivity index (χ3v) is 6.06. The molecular weight excluding hydrogens is 450 g/mol. The van der Waals surface area contributed by atoms with Crippen molar-refractivity contribution in [2.45, 2.75) is 53.9 Å². The van der Waals surface area contributed by atoms with Gasteiger partial charge in [-0.15, -0.1) is 0 Å². The first-order chi connectivity index (χ1) is 17.2. The summed E-state index contributed by atoms with van der Waals surface area (Å²) in [5.74, 6) is 0.0491. The van der Waals surface area contributed by atoms with Crippen LogP contribution in [0, 0.1) is 13.8 Å². The minimum Gasteiger partial charge on any atom is -0.461 e. The SMILES string of the molecule is CCCCNc1ccc(C(=O)OCCN(C)C)cc1.CCN(CC)CC(=O)Cc1c(C)cccc1C. The summed E-state index contributed by atoms with van der Waals surface area (Å²) in [6, 6.07) is 13.6. The van der Waals surface area contributed by atoms with Gasteiger partial charge in [-0.25, -0.2) is 4.79 Å². The highest BCUT2D eigenvalue weighted by Gasteiger charge is 2.11. The Morgan fingerprint density at radius 1 is 0.917 bits per heavy atom. The molecule has 0 unspecified atom stereocenters. The number of esters is 1. The van der Waals surface area contributed by atoms with Crippen molar-refractivity contribution in [3.05, 3.63) is 64.7 Å². The van der Waals surface area contributed by atoms with Gasteiger partial charge in [-0.1, -0.05) is 45.4 Å². The van der Waals surface area contributed by atoms with Gasteiger partial charge in [0.15, 0.2) is 5.78 Å². The molecule has 2 aromatic carbocycles. The molecule has 2 aromatic rings. The molecule has 0 spiro atoms. The Hall–Kier alpha value is -2.70. The molecule has 0 atom stereocenters. The summed E-state index contributed by atoms with van der Waals surface area (Å²) in [5, 5.41) is 3.31. The highest BCUT2D eigenvalue weighted by atomic mass is 16.5.